The molecule has 1 aromatic carbocycles. The zero-order valence-electron chi connectivity index (χ0n) is 12.4. The average molecular weight is 322 g/mol. The number of halogens is 1. The van der Waals surface area contributed by atoms with Crippen molar-refractivity contribution in [3.63, 3.8) is 0 Å². The Balaban J connectivity index is 1.67. The summed E-state index contributed by atoms with van der Waals surface area (Å²) < 4.78 is 6.39. The van der Waals surface area contributed by atoms with Gasteiger partial charge in [-0.25, -0.2) is 0 Å². The fraction of sp³-hybridized carbons (Fsp3) is 0.412. The van der Waals surface area contributed by atoms with Gasteiger partial charge in [-0.15, -0.1) is 11.3 Å². The highest BCUT2D eigenvalue weighted by Crippen LogP contribution is 2.40. The van der Waals surface area contributed by atoms with E-state index in [0.29, 0.717) is 18.7 Å². The van der Waals surface area contributed by atoms with E-state index in [9.17, 15) is 0 Å². The Kier molecular flexibility index (Phi) is 4.53. The molecule has 2 nitrogen and oxygen atoms in total. The van der Waals surface area contributed by atoms with E-state index >= 15 is 0 Å². The van der Waals surface area contributed by atoms with Gasteiger partial charge in [-0.1, -0.05) is 23.7 Å². The van der Waals surface area contributed by atoms with Crippen molar-refractivity contribution in [3.05, 3.63) is 50.7 Å². The molecule has 4 heteroatoms. The van der Waals surface area contributed by atoms with E-state index in [1.54, 1.807) is 11.3 Å². The number of thiophene rings is 1. The van der Waals surface area contributed by atoms with Crippen LogP contribution in [0.15, 0.2) is 30.3 Å². The van der Waals surface area contributed by atoms with Crippen molar-refractivity contribution in [3.8, 4) is 5.75 Å². The maximum Gasteiger partial charge on any atom is 0.119 e. The van der Waals surface area contributed by atoms with E-state index in [4.69, 9.17) is 16.3 Å². The second-order valence-corrected chi connectivity index (χ2v) is 7.18. The average Bonchev–Trinajstić information content (AvgIpc) is 3.00. The van der Waals surface area contributed by atoms with Crippen LogP contribution >= 0.6 is 22.9 Å². The maximum atomic E-state index is 6.12. The minimum Gasteiger partial charge on any atom is -0.494 e. The zero-order chi connectivity index (χ0) is 14.8. The highest BCUT2D eigenvalue weighted by molar-refractivity contribution is 7.16. The molecular formula is C17H20ClNOS. The number of nitrogens with one attached hydrogen (secondary N) is 1. The number of fused-ring (bicyclic) bond motifs is 1. The lowest BCUT2D eigenvalue weighted by Gasteiger charge is -2.20. The van der Waals surface area contributed by atoms with Crippen molar-refractivity contribution >= 4 is 22.9 Å². The lowest BCUT2D eigenvalue weighted by Crippen LogP contribution is -2.22. The normalized spacial score (nSPS) is 18.5. The number of aryl methyl sites for hydroxylation is 1. The van der Waals surface area contributed by atoms with E-state index in [1.165, 1.54) is 22.4 Å². The molecule has 0 saturated carbocycles. The van der Waals surface area contributed by atoms with Crippen LogP contribution < -0.4 is 10.1 Å². The van der Waals surface area contributed by atoms with Crippen LogP contribution in [0, 0.1) is 0 Å². The molecule has 1 aromatic heterocycles. The number of rotatable bonds is 5. The summed E-state index contributed by atoms with van der Waals surface area (Å²) >= 11 is 7.84. The van der Waals surface area contributed by atoms with E-state index in [-0.39, 0.29) is 0 Å². The molecular weight excluding hydrogens is 302 g/mol. The number of ether oxygens (including phenoxy) is 1. The molecule has 2 aromatic rings. The van der Waals surface area contributed by atoms with Gasteiger partial charge in [-0.05, 0) is 56.0 Å². The first-order valence-electron chi connectivity index (χ1n) is 7.44. The van der Waals surface area contributed by atoms with Crippen LogP contribution in [0.1, 0.15) is 48.4 Å². The van der Waals surface area contributed by atoms with Gasteiger partial charge in [0, 0.05) is 17.0 Å². The van der Waals surface area contributed by atoms with Crippen molar-refractivity contribution < 1.29 is 4.74 Å². The Morgan fingerprint density at radius 1 is 1.38 bits per heavy atom. The van der Waals surface area contributed by atoms with Crippen LogP contribution in [0.2, 0.25) is 4.34 Å². The van der Waals surface area contributed by atoms with Crippen LogP contribution in [-0.4, -0.2) is 6.61 Å². The second kappa shape index (κ2) is 6.39. The largest absolute Gasteiger partial charge is 0.494 e. The van der Waals surface area contributed by atoms with Crippen molar-refractivity contribution in [2.75, 3.05) is 6.61 Å². The molecule has 2 unspecified atom stereocenters. The van der Waals surface area contributed by atoms with Crippen LogP contribution in [0.25, 0.3) is 0 Å². The van der Waals surface area contributed by atoms with E-state index in [1.807, 2.05) is 19.1 Å². The van der Waals surface area contributed by atoms with Crippen LogP contribution in [-0.2, 0) is 6.42 Å². The molecule has 0 fully saturated rings. The molecule has 0 bridgehead atoms. The molecule has 112 valence electrons. The van der Waals surface area contributed by atoms with Gasteiger partial charge in [0.2, 0.25) is 0 Å². The summed E-state index contributed by atoms with van der Waals surface area (Å²) in [6.45, 7) is 4.92. The fourth-order valence-corrected chi connectivity index (χ4v) is 4.28. The van der Waals surface area contributed by atoms with Gasteiger partial charge in [-0.3, -0.25) is 0 Å². The molecule has 2 atom stereocenters. The molecule has 0 radical (unpaired) electrons. The fourth-order valence-electron chi connectivity index (χ4n) is 2.92. The summed E-state index contributed by atoms with van der Waals surface area (Å²) in [5, 5.41) is 3.72. The van der Waals surface area contributed by atoms with E-state index in [2.05, 4.69) is 30.4 Å². The summed E-state index contributed by atoms with van der Waals surface area (Å²) in [4.78, 5) is 1.44. The van der Waals surface area contributed by atoms with Gasteiger partial charge in [0.1, 0.15) is 5.75 Å². The van der Waals surface area contributed by atoms with Gasteiger partial charge in [0.25, 0.3) is 0 Å². The third-order valence-corrected chi connectivity index (χ3v) is 5.33. The van der Waals surface area contributed by atoms with Gasteiger partial charge < -0.3 is 10.1 Å². The SMILES string of the molecule is CCOc1ccc(C(C)NC2CCc3sc(Cl)cc32)cc1. The summed E-state index contributed by atoms with van der Waals surface area (Å²) in [5.41, 5.74) is 2.68. The van der Waals surface area contributed by atoms with Crippen molar-refractivity contribution in [1.82, 2.24) is 5.32 Å². The Bertz CT molecular complexity index is 608. The van der Waals surface area contributed by atoms with E-state index < -0.39 is 0 Å². The Morgan fingerprint density at radius 2 is 2.14 bits per heavy atom. The summed E-state index contributed by atoms with van der Waals surface area (Å²) in [7, 11) is 0. The number of hydrogen-bond acceptors (Lipinski definition) is 3. The number of benzene rings is 1. The molecule has 0 aliphatic heterocycles. The first-order valence-corrected chi connectivity index (χ1v) is 8.63. The minimum atomic E-state index is 0.315. The van der Waals surface area contributed by atoms with Crippen molar-refractivity contribution in [1.29, 1.82) is 0 Å². The first-order chi connectivity index (χ1) is 10.2. The van der Waals surface area contributed by atoms with Crippen LogP contribution in [0.4, 0.5) is 0 Å². The molecule has 21 heavy (non-hydrogen) atoms. The molecule has 1 aliphatic carbocycles. The Morgan fingerprint density at radius 3 is 2.86 bits per heavy atom. The lowest BCUT2D eigenvalue weighted by molar-refractivity contribution is 0.340. The minimum absolute atomic E-state index is 0.315. The third kappa shape index (κ3) is 3.25. The monoisotopic (exact) mass is 321 g/mol. The highest BCUT2D eigenvalue weighted by Gasteiger charge is 2.26. The van der Waals surface area contributed by atoms with Gasteiger partial charge in [-0.2, -0.15) is 0 Å². The molecule has 1 N–H and O–H groups in total. The summed E-state index contributed by atoms with van der Waals surface area (Å²) in [6, 6.07) is 11.2. The highest BCUT2D eigenvalue weighted by atomic mass is 35.5. The van der Waals surface area contributed by atoms with E-state index in [0.717, 1.165) is 16.5 Å². The van der Waals surface area contributed by atoms with Gasteiger partial charge in [0.15, 0.2) is 0 Å². The topological polar surface area (TPSA) is 21.3 Å². The van der Waals surface area contributed by atoms with Gasteiger partial charge in [0.05, 0.1) is 10.9 Å². The standard InChI is InChI=1S/C17H20ClNOS/c1-3-20-13-6-4-12(5-7-13)11(2)19-15-8-9-16-14(15)10-17(18)21-16/h4-7,10-11,15,19H,3,8-9H2,1-2H3. The molecule has 1 aliphatic rings. The quantitative estimate of drug-likeness (QED) is 0.823. The molecule has 3 rings (SSSR count). The van der Waals surface area contributed by atoms with Crippen LogP contribution in [0.3, 0.4) is 0 Å². The lowest BCUT2D eigenvalue weighted by atomic mass is 10.1. The summed E-state index contributed by atoms with van der Waals surface area (Å²) in [5.74, 6) is 0.932. The molecule has 0 spiro atoms. The predicted molar refractivity (Wildman–Crippen MR) is 89.6 cm³/mol. The Labute approximate surface area is 135 Å². The van der Waals surface area contributed by atoms with Crippen LogP contribution in [0.5, 0.6) is 5.75 Å². The smallest absolute Gasteiger partial charge is 0.119 e. The predicted octanol–water partition coefficient (Wildman–Crippen LogP) is 5.14. The second-order valence-electron chi connectivity index (χ2n) is 5.41. The number of hydrogen-bond donors (Lipinski definition) is 1. The molecule has 1 heterocycles. The van der Waals surface area contributed by atoms with Gasteiger partial charge >= 0.3 is 0 Å². The molecule has 0 saturated heterocycles. The third-order valence-electron chi connectivity index (χ3n) is 3.99. The van der Waals surface area contributed by atoms with Crippen molar-refractivity contribution in [2.45, 2.75) is 38.8 Å². The first kappa shape index (κ1) is 14.9. The summed E-state index contributed by atoms with van der Waals surface area (Å²) in [6.07, 6.45) is 2.31. The molecule has 0 amide bonds. The van der Waals surface area contributed by atoms with Crippen molar-refractivity contribution in [2.24, 2.45) is 0 Å². The maximum absolute atomic E-state index is 6.12. The Hall–Kier alpha value is -1.03. The zero-order valence-corrected chi connectivity index (χ0v) is 13.9.